The van der Waals surface area contributed by atoms with Crippen molar-refractivity contribution >= 4 is 11.7 Å². The third-order valence-electron chi connectivity index (χ3n) is 5.61. The first-order chi connectivity index (χ1) is 16.2. The van der Waals surface area contributed by atoms with Crippen LogP contribution in [0.25, 0.3) is 5.70 Å². The second-order valence-electron chi connectivity index (χ2n) is 8.08. The molecule has 0 atom stereocenters. The van der Waals surface area contributed by atoms with E-state index < -0.39 is 0 Å². The van der Waals surface area contributed by atoms with E-state index in [0.29, 0.717) is 25.2 Å². The maximum absolute atomic E-state index is 12.1. The minimum atomic E-state index is -0.257. The van der Waals surface area contributed by atoms with Crippen LogP contribution in [0.4, 0.5) is 0 Å². The highest BCUT2D eigenvalue weighted by atomic mass is 16.5. The molecule has 0 N–H and O–H groups in total. The Morgan fingerprint density at radius 1 is 0.970 bits per heavy atom. The van der Waals surface area contributed by atoms with Crippen LogP contribution >= 0.6 is 0 Å². The molecule has 0 bridgehead atoms. The first kappa shape index (κ1) is 24.6. The molecule has 1 aliphatic heterocycles. The Labute approximate surface area is 197 Å². The minimum Gasteiger partial charge on any atom is -0.491 e. The Bertz CT molecular complexity index is 919. The SMILES string of the molecule is CCCCOCCOc1ccc(C2=CC=C(C(=O)OC)CCCN2Cc2ccccc2)cc1. The molecule has 0 amide bonds. The van der Waals surface area contributed by atoms with E-state index in [0.717, 1.165) is 56.0 Å². The number of carbonyl (C=O) groups excluding carboxylic acids is 1. The quantitative estimate of drug-likeness (QED) is 0.329. The van der Waals surface area contributed by atoms with Crippen molar-refractivity contribution in [1.29, 1.82) is 0 Å². The van der Waals surface area contributed by atoms with E-state index in [-0.39, 0.29) is 5.97 Å². The summed E-state index contributed by atoms with van der Waals surface area (Å²) in [7, 11) is 1.43. The third-order valence-corrected chi connectivity index (χ3v) is 5.61. The highest BCUT2D eigenvalue weighted by molar-refractivity contribution is 5.89. The molecule has 5 nitrogen and oxygen atoms in total. The molecule has 2 aromatic rings. The number of nitrogens with zero attached hydrogens (tertiary/aromatic N) is 1. The fourth-order valence-corrected chi connectivity index (χ4v) is 3.79. The van der Waals surface area contributed by atoms with Crippen molar-refractivity contribution in [3.8, 4) is 5.75 Å². The molecule has 33 heavy (non-hydrogen) atoms. The van der Waals surface area contributed by atoms with Gasteiger partial charge in [0.1, 0.15) is 12.4 Å². The summed E-state index contributed by atoms with van der Waals surface area (Å²) in [6.45, 7) is 5.73. The number of ether oxygens (including phenoxy) is 3. The Hall–Kier alpha value is -3.05. The zero-order valence-corrected chi connectivity index (χ0v) is 19.8. The Morgan fingerprint density at radius 3 is 2.48 bits per heavy atom. The summed E-state index contributed by atoms with van der Waals surface area (Å²) in [4.78, 5) is 14.5. The zero-order chi connectivity index (χ0) is 23.3. The van der Waals surface area contributed by atoms with E-state index in [9.17, 15) is 4.79 Å². The summed E-state index contributed by atoms with van der Waals surface area (Å²) >= 11 is 0. The Balaban J connectivity index is 1.75. The summed E-state index contributed by atoms with van der Waals surface area (Å²) in [6.07, 6.45) is 7.73. The van der Waals surface area contributed by atoms with Crippen LogP contribution in [0.1, 0.15) is 43.7 Å². The second kappa shape index (κ2) is 13.5. The monoisotopic (exact) mass is 449 g/mol. The molecule has 3 rings (SSSR count). The number of benzene rings is 2. The number of carbonyl (C=O) groups is 1. The van der Waals surface area contributed by atoms with Gasteiger partial charge in [0, 0.05) is 31.0 Å². The molecule has 0 saturated heterocycles. The summed E-state index contributed by atoms with van der Waals surface area (Å²) in [5.74, 6) is 0.566. The summed E-state index contributed by atoms with van der Waals surface area (Å²) in [5, 5.41) is 0. The molecule has 0 radical (unpaired) electrons. The zero-order valence-electron chi connectivity index (χ0n) is 19.8. The normalized spacial score (nSPS) is 14.1. The fourth-order valence-electron chi connectivity index (χ4n) is 3.79. The van der Waals surface area contributed by atoms with Gasteiger partial charge in [-0.3, -0.25) is 0 Å². The summed E-state index contributed by atoms with van der Waals surface area (Å²) < 4.78 is 16.3. The van der Waals surface area contributed by atoms with Crippen molar-refractivity contribution in [2.75, 3.05) is 33.5 Å². The van der Waals surface area contributed by atoms with Crippen LogP contribution in [0.3, 0.4) is 0 Å². The Kier molecular flexibility index (Phi) is 10.0. The van der Waals surface area contributed by atoms with Crippen LogP contribution < -0.4 is 4.74 Å². The molecule has 0 saturated carbocycles. The van der Waals surface area contributed by atoms with Gasteiger partial charge in [-0.25, -0.2) is 4.79 Å². The highest BCUT2D eigenvalue weighted by Crippen LogP contribution is 2.27. The molecule has 0 aromatic heterocycles. The van der Waals surface area contributed by atoms with E-state index in [1.165, 1.54) is 12.7 Å². The maximum atomic E-state index is 12.1. The van der Waals surface area contributed by atoms with Gasteiger partial charge < -0.3 is 19.1 Å². The number of esters is 1. The average Bonchev–Trinajstić information content (AvgIpc) is 2.84. The van der Waals surface area contributed by atoms with Gasteiger partial charge in [0.2, 0.25) is 0 Å². The summed E-state index contributed by atoms with van der Waals surface area (Å²) in [6, 6.07) is 18.6. The topological polar surface area (TPSA) is 48.0 Å². The summed E-state index contributed by atoms with van der Waals surface area (Å²) in [5.41, 5.74) is 4.12. The number of hydrogen-bond acceptors (Lipinski definition) is 5. The molecule has 0 unspecified atom stereocenters. The lowest BCUT2D eigenvalue weighted by Gasteiger charge is -2.29. The average molecular weight is 450 g/mol. The van der Waals surface area contributed by atoms with Gasteiger partial charge in [-0.2, -0.15) is 0 Å². The van der Waals surface area contributed by atoms with Crippen LogP contribution in [-0.2, 0) is 20.8 Å². The highest BCUT2D eigenvalue weighted by Gasteiger charge is 2.17. The maximum Gasteiger partial charge on any atom is 0.333 e. The van der Waals surface area contributed by atoms with Crippen LogP contribution in [0, 0.1) is 0 Å². The predicted octanol–water partition coefficient (Wildman–Crippen LogP) is 5.62. The number of hydrogen-bond donors (Lipinski definition) is 0. The standard InChI is InChI=1S/C28H35NO4/c1-3-4-19-32-20-21-33-26-15-12-24(13-16-26)27-17-14-25(28(30)31-2)11-8-18-29(27)22-23-9-6-5-7-10-23/h5-7,9-10,12-17H,3-4,8,11,18-22H2,1-2H3. The number of rotatable bonds is 11. The largest absolute Gasteiger partial charge is 0.491 e. The fraction of sp³-hybridized carbons (Fsp3) is 0.393. The number of unbranched alkanes of at least 4 members (excludes halogenated alkanes) is 1. The smallest absolute Gasteiger partial charge is 0.333 e. The van der Waals surface area contributed by atoms with Gasteiger partial charge in [-0.1, -0.05) is 43.7 Å². The predicted molar refractivity (Wildman–Crippen MR) is 132 cm³/mol. The molecule has 0 fully saturated rings. The van der Waals surface area contributed by atoms with E-state index in [1.54, 1.807) is 0 Å². The van der Waals surface area contributed by atoms with Gasteiger partial charge in [-0.15, -0.1) is 0 Å². The molecule has 0 spiro atoms. The first-order valence-corrected chi connectivity index (χ1v) is 11.8. The molecular weight excluding hydrogens is 414 g/mol. The van der Waals surface area contributed by atoms with Crippen molar-refractivity contribution in [2.45, 2.75) is 39.2 Å². The van der Waals surface area contributed by atoms with Crippen molar-refractivity contribution < 1.29 is 19.0 Å². The van der Waals surface area contributed by atoms with E-state index in [1.807, 2.05) is 30.4 Å². The van der Waals surface area contributed by atoms with Crippen LogP contribution in [0.5, 0.6) is 5.75 Å². The van der Waals surface area contributed by atoms with Gasteiger partial charge >= 0.3 is 5.97 Å². The molecule has 2 aromatic carbocycles. The second-order valence-corrected chi connectivity index (χ2v) is 8.08. The molecular formula is C28H35NO4. The lowest BCUT2D eigenvalue weighted by Crippen LogP contribution is -2.24. The van der Waals surface area contributed by atoms with Crippen LogP contribution in [-0.4, -0.2) is 44.3 Å². The van der Waals surface area contributed by atoms with E-state index >= 15 is 0 Å². The third kappa shape index (κ3) is 7.79. The molecule has 176 valence electrons. The van der Waals surface area contributed by atoms with E-state index in [4.69, 9.17) is 14.2 Å². The van der Waals surface area contributed by atoms with Gasteiger partial charge in [0.25, 0.3) is 0 Å². The number of allylic oxidation sites excluding steroid dienone is 2. The minimum absolute atomic E-state index is 0.257. The lowest BCUT2D eigenvalue weighted by atomic mass is 10.0. The van der Waals surface area contributed by atoms with Crippen LogP contribution in [0.2, 0.25) is 0 Å². The number of methoxy groups -OCH3 is 1. The van der Waals surface area contributed by atoms with E-state index in [2.05, 4.69) is 48.2 Å². The lowest BCUT2D eigenvalue weighted by molar-refractivity contribution is -0.136. The van der Waals surface area contributed by atoms with Crippen molar-refractivity contribution in [3.05, 3.63) is 83.4 Å². The molecule has 5 heteroatoms. The van der Waals surface area contributed by atoms with Gasteiger partial charge in [-0.05, 0) is 66.8 Å². The Morgan fingerprint density at radius 2 is 1.76 bits per heavy atom. The van der Waals surface area contributed by atoms with Crippen molar-refractivity contribution in [3.63, 3.8) is 0 Å². The van der Waals surface area contributed by atoms with Gasteiger partial charge in [0.15, 0.2) is 0 Å². The van der Waals surface area contributed by atoms with Crippen molar-refractivity contribution in [2.24, 2.45) is 0 Å². The molecule has 1 aliphatic rings. The van der Waals surface area contributed by atoms with Crippen LogP contribution in [0.15, 0.2) is 72.3 Å². The van der Waals surface area contributed by atoms with Gasteiger partial charge in [0.05, 0.1) is 13.7 Å². The first-order valence-electron chi connectivity index (χ1n) is 11.8. The molecule has 0 aliphatic carbocycles. The van der Waals surface area contributed by atoms with Crippen molar-refractivity contribution in [1.82, 2.24) is 4.90 Å². The molecule has 1 heterocycles.